The first-order valence-electron chi connectivity index (χ1n) is 8.92. The molecule has 0 unspecified atom stereocenters. The highest BCUT2D eigenvalue weighted by molar-refractivity contribution is 8.00. The standard InChI is InChI=1S/C21H17N5S2/c1-14-13-27-21(23-14)28-20-25-24-19(26(20)16-7-3-2-4-8-16)11-15-12-22-18-10-6-5-9-17(15)18/h2-10,12-13,22H,11H2,1H3. The highest BCUT2D eigenvalue weighted by atomic mass is 32.2. The quantitative estimate of drug-likeness (QED) is 0.435. The summed E-state index contributed by atoms with van der Waals surface area (Å²) in [7, 11) is 0. The van der Waals surface area contributed by atoms with Gasteiger partial charge in [0, 0.05) is 40.3 Å². The number of aromatic amines is 1. The Morgan fingerprint density at radius 1 is 1.04 bits per heavy atom. The molecule has 0 atom stereocenters. The molecule has 1 N–H and O–H groups in total. The van der Waals surface area contributed by atoms with E-state index in [0.717, 1.165) is 32.2 Å². The van der Waals surface area contributed by atoms with Crippen molar-refractivity contribution in [2.45, 2.75) is 22.8 Å². The van der Waals surface area contributed by atoms with Crippen molar-refractivity contribution in [3.63, 3.8) is 0 Å². The third-order valence-corrected chi connectivity index (χ3v) is 6.52. The summed E-state index contributed by atoms with van der Waals surface area (Å²) in [6.45, 7) is 2.00. The minimum absolute atomic E-state index is 0.698. The van der Waals surface area contributed by atoms with Crippen molar-refractivity contribution in [1.29, 1.82) is 0 Å². The van der Waals surface area contributed by atoms with Crippen molar-refractivity contribution < 1.29 is 0 Å². The van der Waals surface area contributed by atoms with Gasteiger partial charge in [0.05, 0.1) is 0 Å². The first kappa shape index (κ1) is 17.2. The summed E-state index contributed by atoms with van der Waals surface area (Å²) < 4.78 is 3.10. The van der Waals surface area contributed by atoms with Gasteiger partial charge in [-0.15, -0.1) is 21.5 Å². The fourth-order valence-corrected chi connectivity index (χ4v) is 5.03. The van der Waals surface area contributed by atoms with Crippen molar-refractivity contribution in [2.24, 2.45) is 0 Å². The van der Waals surface area contributed by atoms with Gasteiger partial charge in [-0.1, -0.05) is 36.4 Å². The summed E-state index contributed by atoms with van der Waals surface area (Å²) in [6, 6.07) is 18.6. The van der Waals surface area contributed by atoms with Gasteiger partial charge in [0.2, 0.25) is 5.16 Å². The zero-order chi connectivity index (χ0) is 18.9. The predicted octanol–water partition coefficient (Wildman–Crippen LogP) is 5.26. The molecule has 5 rings (SSSR count). The number of rotatable bonds is 5. The number of fused-ring (bicyclic) bond motifs is 1. The van der Waals surface area contributed by atoms with Crippen LogP contribution in [-0.4, -0.2) is 24.7 Å². The number of nitrogens with zero attached hydrogens (tertiary/aromatic N) is 4. The van der Waals surface area contributed by atoms with Gasteiger partial charge in [-0.05, 0) is 42.4 Å². The minimum atomic E-state index is 0.698. The number of benzene rings is 2. The molecule has 0 aliphatic carbocycles. The minimum Gasteiger partial charge on any atom is -0.361 e. The maximum atomic E-state index is 4.56. The second-order valence-electron chi connectivity index (χ2n) is 6.46. The summed E-state index contributed by atoms with van der Waals surface area (Å²) in [5.41, 5.74) is 4.42. The number of thiazole rings is 1. The molecule has 0 amide bonds. The summed E-state index contributed by atoms with van der Waals surface area (Å²) in [4.78, 5) is 7.91. The maximum absolute atomic E-state index is 4.56. The van der Waals surface area contributed by atoms with Crippen LogP contribution in [0.2, 0.25) is 0 Å². The van der Waals surface area contributed by atoms with Crippen LogP contribution >= 0.6 is 23.1 Å². The fraction of sp³-hybridized carbons (Fsp3) is 0.0952. The summed E-state index contributed by atoms with van der Waals surface area (Å²) in [5, 5.41) is 13.1. The molecular weight excluding hydrogens is 386 g/mol. The molecule has 0 radical (unpaired) electrons. The molecule has 0 spiro atoms. The Kier molecular flexibility index (Phi) is 4.46. The summed E-state index contributed by atoms with van der Waals surface area (Å²) >= 11 is 3.19. The number of nitrogens with one attached hydrogen (secondary N) is 1. The van der Waals surface area contributed by atoms with Crippen LogP contribution in [0.25, 0.3) is 16.6 Å². The molecule has 3 aromatic heterocycles. The van der Waals surface area contributed by atoms with Crippen LogP contribution in [0.3, 0.4) is 0 Å². The molecule has 0 saturated carbocycles. The molecule has 3 heterocycles. The molecule has 0 aliphatic heterocycles. The number of para-hydroxylation sites is 2. The summed E-state index contributed by atoms with van der Waals surface area (Å²) in [5.74, 6) is 0.909. The second kappa shape index (κ2) is 7.26. The Hall–Kier alpha value is -2.90. The lowest BCUT2D eigenvalue weighted by Crippen LogP contribution is -2.03. The van der Waals surface area contributed by atoms with Crippen LogP contribution in [0.5, 0.6) is 0 Å². The van der Waals surface area contributed by atoms with Crippen LogP contribution in [0, 0.1) is 6.92 Å². The van der Waals surface area contributed by atoms with Crippen molar-refractivity contribution >= 4 is 34.0 Å². The van der Waals surface area contributed by atoms with Gasteiger partial charge in [-0.25, -0.2) is 4.98 Å². The van der Waals surface area contributed by atoms with E-state index in [9.17, 15) is 0 Å². The van der Waals surface area contributed by atoms with Gasteiger partial charge in [-0.3, -0.25) is 4.57 Å². The lowest BCUT2D eigenvalue weighted by molar-refractivity contribution is 0.848. The van der Waals surface area contributed by atoms with E-state index in [1.54, 1.807) is 23.1 Å². The van der Waals surface area contributed by atoms with E-state index >= 15 is 0 Å². The van der Waals surface area contributed by atoms with E-state index in [1.807, 2.05) is 31.2 Å². The van der Waals surface area contributed by atoms with E-state index < -0.39 is 0 Å². The van der Waals surface area contributed by atoms with Crippen molar-refractivity contribution in [2.75, 3.05) is 0 Å². The Labute approximate surface area is 170 Å². The second-order valence-corrected chi connectivity index (χ2v) is 8.54. The maximum Gasteiger partial charge on any atom is 0.202 e. The molecule has 5 nitrogen and oxygen atoms in total. The molecular formula is C21H17N5S2. The van der Waals surface area contributed by atoms with Gasteiger partial charge >= 0.3 is 0 Å². The number of H-pyrrole nitrogens is 1. The molecule has 0 aliphatic rings. The normalized spacial score (nSPS) is 11.3. The Bertz CT molecular complexity index is 1240. The van der Waals surface area contributed by atoms with Crippen LogP contribution in [0.1, 0.15) is 17.1 Å². The summed E-state index contributed by atoms with van der Waals surface area (Å²) in [6.07, 6.45) is 2.76. The smallest absolute Gasteiger partial charge is 0.202 e. The predicted molar refractivity (Wildman–Crippen MR) is 113 cm³/mol. The Morgan fingerprint density at radius 2 is 1.86 bits per heavy atom. The Balaban J connectivity index is 1.57. The molecule has 0 saturated heterocycles. The topological polar surface area (TPSA) is 59.4 Å². The largest absolute Gasteiger partial charge is 0.361 e. The molecule has 5 aromatic rings. The van der Waals surface area contributed by atoms with E-state index in [0.29, 0.717) is 6.42 Å². The zero-order valence-corrected chi connectivity index (χ0v) is 16.8. The van der Waals surface area contributed by atoms with Gasteiger partial charge in [0.15, 0.2) is 4.34 Å². The van der Waals surface area contributed by atoms with E-state index in [2.05, 4.69) is 66.6 Å². The first-order valence-corrected chi connectivity index (χ1v) is 10.6. The number of aryl methyl sites for hydroxylation is 1. The number of aromatic nitrogens is 5. The van der Waals surface area contributed by atoms with Gasteiger partial charge in [0.25, 0.3) is 0 Å². The first-order chi connectivity index (χ1) is 13.8. The monoisotopic (exact) mass is 403 g/mol. The third-order valence-electron chi connectivity index (χ3n) is 4.51. The lowest BCUT2D eigenvalue weighted by Gasteiger charge is -2.09. The van der Waals surface area contributed by atoms with Crippen LogP contribution in [0.15, 0.2) is 75.7 Å². The van der Waals surface area contributed by atoms with Gasteiger partial charge in [-0.2, -0.15) is 0 Å². The van der Waals surface area contributed by atoms with E-state index in [1.165, 1.54) is 10.9 Å². The lowest BCUT2D eigenvalue weighted by atomic mass is 10.1. The van der Waals surface area contributed by atoms with Gasteiger partial charge < -0.3 is 4.98 Å². The molecule has 0 fully saturated rings. The van der Waals surface area contributed by atoms with Crippen LogP contribution in [0.4, 0.5) is 0 Å². The highest BCUT2D eigenvalue weighted by Gasteiger charge is 2.18. The molecule has 0 bridgehead atoms. The fourth-order valence-electron chi connectivity index (χ4n) is 3.22. The van der Waals surface area contributed by atoms with Crippen molar-refractivity contribution in [3.05, 3.63) is 83.3 Å². The van der Waals surface area contributed by atoms with Gasteiger partial charge in [0.1, 0.15) is 5.82 Å². The molecule has 2 aromatic carbocycles. The number of hydrogen-bond donors (Lipinski definition) is 1. The van der Waals surface area contributed by atoms with E-state index in [-0.39, 0.29) is 0 Å². The Morgan fingerprint density at radius 3 is 2.68 bits per heavy atom. The van der Waals surface area contributed by atoms with Crippen LogP contribution in [-0.2, 0) is 6.42 Å². The molecule has 28 heavy (non-hydrogen) atoms. The van der Waals surface area contributed by atoms with Crippen molar-refractivity contribution in [1.82, 2.24) is 24.7 Å². The van der Waals surface area contributed by atoms with E-state index in [4.69, 9.17) is 0 Å². The average Bonchev–Trinajstić information content (AvgIpc) is 3.43. The zero-order valence-electron chi connectivity index (χ0n) is 15.2. The average molecular weight is 404 g/mol. The third kappa shape index (κ3) is 3.23. The van der Waals surface area contributed by atoms with Crippen LogP contribution < -0.4 is 0 Å². The molecule has 7 heteroatoms. The SMILES string of the molecule is Cc1csc(Sc2nnc(Cc3c[nH]c4ccccc34)n2-c2ccccc2)n1. The highest BCUT2D eigenvalue weighted by Crippen LogP contribution is 2.32. The molecule has 138 valence electrons. The van der Waals surface area contributed by atoms with Crippen molar-refractivity contribution in [3.8, 4) is 5.69 Å². The number of hydrogen-bond acceptors (Lipinski definition) is 5.